The first-order valence-electron chi connectivity index (χ1n) is 6.98. The van der Waals surface area contributed by atoms with Gasteiger partial charge in [0, 0.05) is 11.8 Å². The normalized spacial score (nSPS) is 9.86. The molecule has 0 aromatic heterocycles. The molecule has 4 heteroatoms. The summed E-state index contributed by atoms with van der Waals surface area (Å²) in [5, 5.41) is 2.77. The molecule has 1 N–H and O–H groups in total. The number of hydrogen-bond acceptors (Lipinski definition) is 3. The van der Waals surface area contributed by atoms with Crippen molar-refractivity contribution < 1.29 is 14.3 Å². The second-order valence-corrected chi connectivity index (χ2v) is 4.92. The highest BCUT2D eigenvalue weighted by atomic mass is 16.5. The standard InChI is InChI=1S/C18H19NO3/c1-14(2)12-21-17-10-6-7-15(11-17)19-18(20)13-22-16-8-4-3-5-9-16/h3-11H,1,12-13H2,2H3,(H,19,20). The van der Waals surface area contributed by atoms with Crippen LogP contribution in [-0.4, -0.2) is 19.1 Å². The molecule has 22 heavy (non-hydrogen) atoms. The second kappa shape index (κ2) is 7.88. The Bertz CT molecular complexity index is 638. The molecule has 0 saturated carbocycles. The van der Waals surface area contributed by atoms with E-state index in [0.717, 1.165) is 5.57 Å². The van der Waals surface area contributed by atoms with Gasteiger partial charge in [-0.05, 0) is 36.8 Å². The number of amides is 1. The summed E-state index contributed by atoms with van der Waals surface area (Å²) < 4.78 is 10.9. The van der Waals surface area contributed by atoms with Gasteiger partial charge in [-0.3, -0.25) is 4.79 Å². The van der Waals surface area contributed by atoms with Crippen LogP contribution in [0.2, 0.25) is 0 Å². The van der Waals surface area contributed by atoms with E-state index in [9.17, 15) is 4.79 Å². The molecular weight excluding hydrogens is 278 g/mol. The van der Waals surface area contributed by atoms with Gasteiger partial charge < -0.3 is 14.8 Å². The molecule has 2 aromatic carbocycles. The van der Waals surface area contributed by atoms with Gasteiger partial charge in [-0.1, -0.05) is 30.8 Å². The molecule has 2 rings (SSSR count). The van der Waals surface area contributed by atoms with E-state index in [1.807, 2.05) is 37.3 Å². The third-order valence-electron chi connectivity index (χ3n) is 2.72. The Morgan fingerprint density at radius 2 is 1.68 bits per heavy atom. The maximum absolute atomic E-state index is 11.9. The van der Waals surface area contributed by atoms with Crippen LogP contribution in [-0.2, 0) is 4.79 Å². The minimum Gasteiger partial charge on any atom is -0.489 e. The first-order chi connectivity index (χ1) is 10.6. The molecule has 0 aliphatic carbocycles. The summed E-state index contributed by atoms with van der Waals surface area (Å²) in [6.45, 7) is 6.09. The number of ether oxygens (including phenoxy) is 2. The monoisotopic (exact) mass is 297 g/mol. The maximum Gasteiger partial charge on any atom is 0.262 e. The minimum atomic E-state index is -0.221. The van der Waals surface area contributed by atoms with Gasteiger partial charge in [0.1, 0.15) is 18.1 Å². The Hall–Kier alpha value is -2.75. The zero-order chi connectivity index (χ0) is 15.8. The van der Waals surface area contributed by atoms with Crippen molar-refractivity contribution in [1.82, 2.24) is 0 Å². The molecular formula is C18H19NO3. The minimum absolute atomic E-state index is 0.0408. The van der Waals surface area contributed by atoms with Gasteiger partial charge in [-0.25, -0.2) is 0 Å². The first kappa shape index (κ1) is 15.6. The topological polar surface area (TPSA) is 47.6 Å². The van der Waals surface area contributed by atoms with Crippen LogP contribution >= 0.6 is 0 Å². The molecule has 0 heterocycles. The van der Waals surface area contributed by atoms with E-state index in [-0.39, 0.29) is 12.5 Å². The molecule has 0 fully saturated rings. The molecule has 4 nitrogen and oxygen atoms in total. The van der Waals surface area contributed by atoms with Crippen molar-refractivity contribution in [2.75, 3.05) is 18.5 Å². The molecule has 0 atom stereocenters. The first-order valence-corrected chi connectivity index (χ1v) is 6.98. The lowest BCUT2D eigenvalue weighted by molar-refractivity contribution is -0.118. The number of para-hydroxylation sites is 1. The number of benzene rings is 2. The molecule has 0 radical (unpaired) electrons. The number of rotatable bonds is 7. The zero-order valence-electron chi connectivity index (χ0n) is 12.5. The van der Waals surface area contributed by atoms with Crippen LogP contribution in [0.3, 0.4) is 0 Å². The van der Waals surface area contributed by atoms with E-state index in [0.29, 0.717) is 23.8 Å². The Morgan fingerprint density at radius 1 is 1.00 bits per heavy atom. The fraction of sp³-hybridized carbons (Fsp3) is 0.167. The van der Waals surface area contributed by atoms with E-state index in [1.165, 1.54) is 0 Å². The van der Waals surface area contributed by atoms with Crippen LogP contribution < -0.4 is 14.8 Å². The largest absolute Gasteiger partial charge is 0.489 e. The van der Waals surface area contributed by atoms with Crippen LogP contribution in [0.5, 0.6) is 11.5 Å². The van der Waals surface area contributed by atoms with Gasteiger partial charge >= 0.3 is 0 Å². The number of carbonyl (C=O) groups excluding carboxylic acids is 1. The molecule has 0 aliphatic rings. The Kier molecular flexibility index (Phi) is 5.60. The fourth-order valence-corrected chi connectivity index (χ4v) is 1.73. The molecule has 0 spiro atoms. The number of anilines is 1. The molecule has 0 bridgehead atoms. The SMILES string of the molecule is C=C(C)COc1cccc(NC(=O)COc2ccccc2)c1. The second-order valence-electron chi connectivity index (χ2n) is 4.92. The molecule has 0 aliphatic heterocycles. The average molecular weight is 297 g/mol. The average Bonchev–Trinajstić information content (AvgIpc) is 2.52. The highest BCUT2D eigenvalue weighted by Crippen LogP contribution is 2.18. The van der Waals surface area contributed by atoms with E-state index < -0.39 is 0 Å². The quantitative estimate of drug-likeness (QED) is 0.793. The predicted molar refractivity (Wildman–Crippen MR) is 87.3 cm³/mol. The van der Waals surface area contributed by atoms with Crippen molar-refractivity contribution in [2.24, 2.45) is 0 Å². The van der Waals surface area contributed by atoms with Crippen molar-refractivity contribution in [1.29, 1.82) is 0 Å². The van der Waals surface area contributed by atoms with Crippen LogP contribution in [0.15, 0.2) is 66.7 Å². The lowest BCUT2D eigenvalue weighted by atomic mass is 10.3. The van der Waals surface area contributed by atoms with Crippen LogP contribution in [0.1, 0.15) is 6.92 Å². The van der Waals surface area contributed by atoms with E-state index in [2.05, 4.69) is 11.9 Å². The van der Waals surface area contributed by atoms with Crippen molar-refractivity contribution >= 4 is 11.6 Å². The predicted octanol–water partition coefficient (Wildman–Crippen LogP) is 3.66. The zero-order valence-corrected chi connectivity index (χ0v) is 12.5. The maximum atomic E-state index is 11.9. The molecule has 0 saturated heterocycles. The highest BCUT2D eigenvalue weighted by molar-refractivity contribution is 5.92. The fourth-order valence-electron chi connectivity index (χ4n) is 1.73. The number of carbonyl (C=O) groups is 1. The van der Waals surface area contributed by atoms with Crippen LogP contribution in [0, 0.1) is 0 Å². The third-order valence-corrected chi connectivity index (χ3v) is 2.72. The summed E-state index contributed by atoms with van der Waals surface area (Å²) in [7, 11) is 0. The number of nitrogens with one attached hydrogen (secondary N) is 1. The Morgan fingerprint density at radius 3 is 2.41 bits per heavy atom. The van der Waals surface area contributed by atoms with Gasteiger partial charge in [-0.2, -0.15) is 0 Å². The molecule has 114 valence electrons. The summed E-state index contributed by atoms with van der Waals surface area (Å²) in [5.74, 6) is 1.13. The van der Waals surface area contributed by atoms with Crippen molar-refractivity contribution in [3.8, 4) is 11.5 Å². The van der Waals surface area contributed by atoms with Crippen molar-refractivity contribution in [3.63, 3.8) is 0 Å². The van der Waals surface area contributed by atoms with E-state index in [4.69, 9.17) is 9.47 Å². The van der Waals surface area contributed by atoms with E-state index >= 15 is 0 Å². The molecule has 2 aromatic rings. The lowest BCUT2D eigenvalue weighted by Gasteiger charge is -2.10. The van der Waals surface area contributed by atoms with E-state index in [1.54, 1.807) is 24.3 Å². The van der Waals surface area contributed by atoms with Gasteiger partial charge in [-0.15, -0.1) is 0 Å². The Balaban J connectivity index is 1.85. The summed E-state index contributed by atoms with van der Waals surface area (Å²) in [6.07, 6.45) is 0. The van der Waals surface area contributed by atoms with Crippen LogP contribution in [0.25, 0.3) is 0 Å². The summed E-state index contributed by atoms with van der Waals surface area (Å²) in [4.78, 5) is 11.9. The van der Waals surface area contributed by atoms with Crippen molar-refractivity contribution in [2.45, 2.75) is 6.92 Å². The molecule has 0 unspecified atom stereocenters. The van der Waals surface area contributed by atoms with Crippen LogP contribution in [0.4, 0.5) is 5.69 Å². The number of hydrogen-bond donors (Lipinski definition) is 1. The van der Waals surface area contributed by atoms with Gasteiger partial charge in [0.15, 0.2) is 6.61 Å². The smallest absolute Gasteiger partial charge is 0.262 e. The van der Waals surface area contributed by atoms with Gasteiger partial charge in [0.05, 0.1) is 0 Å². The highest BCUT2D eigenvalue weighted by Gasteiger charge is 2.04. The summed E-state index contributed by atoms with van der Waals surface area (Å²) in [6, 6.07) is 16.4. The van der Waals surface area contributed by atoms with Crippen molar-refractivity contribution in [3.05, 3.63) is 66.7 Å². The van der Waals surface area contributed by atoms with Gasteiger partial charge in [0.25, 0.3) is 5.91 Å². The van der Waals surface area contributed by atoms with Gasteiger partial charge in [0.2, 0.25) is 0 Å². The summed E-state index contributed by atoms with van der Waals surface area (Å²) in [5.41, 5.74) is 1.60. The Labute approximate surface area is 130 Å². The lowest BCUT2D eigenvalue weighted by Crippen LogP contribution is -2.20. The third kappa shape index (κ3) is 5.32. The summed E-state index contributed by atoms with van der Waals surface area (Å²) >= 11 is 0. The molecule has 1 amide bonds.